The molecule has 0 aromatic rings. The van der Waals surface area contributed by atoms with Gasteiger partial charge in [0, 0.05) is 6.92 Å². The normalized spacial score (nSPS) is 12.5. The standard InChI is InChI=1S/C51H99NO6/c1-6-10-14-18-20-22-30-40-49(38-28-17-13-9-4)51(55)58-46-35-26-24-32-42-52(43-33-36-44-56-47(5)53)41-31-23-25-34-45-57-50(54)48(37-27-16-12-8-3)39-29-21-19-15-11-7-2/h48-49H,6-46H2,1-5H3. The number of esters is 3. The van der Waals surface area contributed by atoms with E-state index >= 15 is 0 Å². The van der Waals surface area contributed by atoms with Gasteiger partial charge < -0.3 is 19.1 Å². The van der Waals surface area contributed by atoms with E-state index < -0.39 is 0 Å². The molecule has 0 radical (unpaired) electrons. The molecule has 0 rings (SSSR count). The zero-order valence-electron chi connectivity index (χ0n) is 39.5. The van der Waals surface area contributed by atoms with E-state index in [9.17, 15) is 14.4 Å². The van der Waals surface area contributed by atoms with Crippen molar-refractivity contribution in [3.8, 4) is 0 Å². The van der Waals surface area contributed by atoms with Crippen LogP contribution in [0.5, 0.6) is 0 Å². The predicted octanol–water partition coefficient (Wildman–Crippen LogP) is 14.9. The van der Waals surface area contributed by atoms with E-state index in [2.05, 4.69) is 32.6 Å². The number of hydrogen-bond acceptors (Lipinski definition) is 7. The first-order chi connectivity index (χ1) is 28.4. The summed E-state index contributed by atoms with van der Waals surface area (Å²) >= 11 is 0. The Labute approximate surface area is 361 Å². The Morgan fingerprint density at radius 2 is 0.603 bits per heavy atom. The summed E-state index contributed by atoms with van der Waals surface area (Å²) in [6, 6.07) is 0. The first-order valence-electron chi connectivity index (χ1n) is 25.6. The summed E-state index contributed by atoms with van der Waals surface area (Å²) in [6.45, 7) is 15.2. The molecule has 0 saturated carbocycles. The van der Waals surface area contributed by atoms with Crippen LogP contribution in [-0.2, 0) is 28.6 Å². The molecule has 0 fully saturated rings. The SMILES string of the molecule is CCCCCCCCCC(CCCCCC)C(=O)OCCCCCCN(CCCCCCOC(=O)C(CCCCCC)CCCCCCCC)CCCCOC(C)=O. The second-order valence-corrected chi connectivity index (χ2v) is 17.6. The monoisotopic (exact) mass is 822 g/mol. The molecular formula is C51H99NO6. The molecule has 7 heteroatoms. The fourth-order valence-corrected chi connectivity index (χ4v) is 8.07. The van der Waals surface area contributed by atoms with E-state index in [-0.39, 0.29) is 29.7 Å². The summed E-state index contributed by atoms with van der Waals surface area (Å²) in [7, 11) is 0. The van der Waals surface area contributed by atoms with Gasteiger partial charge in [0.25, 0.3) is 0 Å². The van der Waals surface area contributed by atoms with Crippen molar-refractivity contribution in [1.29, 1.82) is 0 Å². The van der Waals surface area contributed by atoms with Crippen molar-refractivity contribution in [3.05, 3.63) is 0 Å². The van der Waals surface area contributed by atoms with E-state index in [0.29, 0.717) is 19.8 Å². The van der Waals surface area contributed by atoms with Crippen LogP contribution in [0.1, 0.15) is 259 Å². The van der Waals surface area contributed by atoms with E-state index in [4.69, 9.17) is 14.2 Å². The number of carbonyl (C=O) groups is 3. The minimum absolute atomic E-state index is 0.0453. The second-order valence-electron chi connectivity index (χ2n) is 17.6. The van der Waals surface area contributed by atoms with Crippen LogP contribution in [0.15, 0.2) is 0 Å². The molecule has 0 heterocycles. The number of hydrogen-bond donors (Lipinski definition) is 0. The van der Waals surface area contributed by atoms with Gasteiger partial charge >= 0.3 is 17.9 Å². The van der Waals surface area contributed by atoms with E-state index in [1.165, 1.54) is 116 Å². The third kappa shape index (κ3) is 38.6. The van der Waals surface area contributed by atoms with Gasteiger partial charge in [-0.25, -0.2) is 0 Å². The smallest absolute Gasteiger partial charge is 0.308 e. The molecule has 2 atom stereocenters. The Balaban J connectivity index is 4.55. The lowest BCUT2D eigenvalue weighted by molar-refractivity contribution is -0.150. The number of nitrogens with zero attached hydrogens (tertiary/aromatic N) is 1. The van der Waals surface area contributed by atoms with Gasteiger partial charge in [0.15, 0.2) is 0 Å². The molecule has 58 heavy (non-hydrogen) atoms. The van der Waals surface area contributed by atoms with Crippen molar-refractivity contribution in [2.75, 3.05) is 39.5 Å². The molecule has 0 amide bonds. The average Bonchev–Trinajstić information content (AvgIpc) is 3.21. The van der Waals surface area contributed by atoms with Crippen LogP contribution in [-0.4, -0.2) is 62.3 Å². The Kier molecular flexibility index (Phi) is 43.6. The van der Waals surface area contributed by atoms with Crippen LogP contribution in [0.4, 0.5) is 0 Å². The third-order valence-corrected chi connectivity index (χ3v) is 11.9. The highest BCUT2D eigenvalue weighted by Gasteiger charge is 2.20. The van der Waals surface area contributed by atoms with Gasteiger partial charge in [-0.3, -0.25) is 14.4 Å². The Bertz CT molecular complexity index is 896. The van der Waals surface area contributed by atoms with Gasteiger partial charge in [-0.2, -0.15) is 0 Å². The summed E-state index contributed by atoms with van der Waals surface area (Å²) in [6.07, 6.45) is 40.7. The number of ether oxygens (including phenoxy) is 3. The highest BCUT2D eigenvalue weighted by Crippen LogP contribution is 2.22. The van der Waals surface area contributed by atoms with Crippen LogP contribution in [0.2, 0.25) is 0 Å². The molecule has 0 aliphatic carbocycles. The van der Waals surface area contributed by atoms with Gasteiger partial charge in [-0.15, -0.1) is 0 Å². The van der Waals surface area contributed by atoms with Gasteiger partial charge in [-0.05, 0) is 83.8 Å². The van der Waals surface area contributed by atoms with Gasteiger partial charge in [0.05, 0.1) is 31.7 Å². The maximum absolute atomic E-state index is 13.1. The number of carbonyl (C=O) groups excluding carboxylic acids is 3. The van der Waals surface area contributed by atoms with Crippen molar-refractivity contribution < 1.29 is 28.6 Å². The summed E-state index contributed by atoms with van der Waals surface area (Å²) in [5.74, 6) is 0.0442. The number of unbranched alkanes of at least 4 members (excludes halogenated alkanes) is 24. The van der Waals surface area contributed by atoms with Crippen LogP contribution in [0, 0.1) is 11.8 Å². The van der Waals surface area contributed by atoms with Gasteiger partial charge in [-0.1, -0.05) is 188 Å². The molecule has 0 bridgehead atoms. The minimum atomic E-state index is -0.204. The van der Waals surface area contributed by atoms with Crippen molar-refractivity contribution in [2.45, 2.75) is 259 Å². The first-order valence-corrected chi connectivity index (χ1v) is 25.6. The van der Waals surface area contributed by atoms with Crippen molar-refractivity contribution in [2.24, 2.45) is 11.8 Å². The van der Waals surface area contributed by atoms with Crippen LogP contribution < -0.4 is 0 Å². The molecule has 0 aromatic carbocycles. The quantitative estimate of drug-likeness (QED) is 0.0343. The molecule has 344 valence electrons. The van der Waals surface area contributed by atoms with E-state index in [1.807, 2.05) is 0 Å². The minimum Gasteiger partial charge on any atom is -0.466 e. The van der Waals surface area contributed by atoms with Crippen molar-refractivity contribution in [3.63, 3.8) is 0 Å². The zero-order valence-corrected chi connectivity index (χ0v) is 39.5. The average molecular weight is 822 g/mol. The second kappa shape index (κ2) is 44.9. The molecule has 0 saturated heterocycles. The lowest BCUT2D eigenvalue weighted by Gasteiger charge is -2.22. The lowest BCUT2D eigenvalue weighted by Crippen LogP contribution is -2.27. The van der Waals surface area contributed by atoms with Gasteiger partial charge in [0.2, 0.25) is 0 Å². The summed E-state index contributed by atoms with van der Waals surface area (Å²) in [5.41, 5.74) is 0. The molecule has 0 aliphatic rings. The molecule has 0 spiro atoms. The third-order valence-electron chi connectivity index (χ3n) is 11.9. The topological polar surface area (TPSA) is 82.1 Å². The van der Waals surface area contributed by atoms with E-state index in [1.54, 1.807) is 0 Å². The highest BCUT2D eigenvalue weighted by molar-refractivity contribution is 5.72. The first kappa shape index (κ1) is 56.4. The maximum Gasteiger partial charge on any atom is 0.308 e. The Morgan fingerprint density at radius 3 is 0.966 bits per heavy atom. The molecule has 0 aliphatic heterocycles. The summed E-state index contributed by atoms with van der Waals surface area (Å²) < 4.78 is 16.9. The lowest BCUT2D eigenvalue weighted by atomic mass is 9.94. The molecule has 2 unspecified atom stereocenters. The fraction of sp³-hybridized carbons (Fsp3) is 0.941. The summed E-state index contributed by atoms with van der Waals surface area (Å²) in [5, 5.41) is 0. The fourth-order valence-electron chi connectivity index (χ4n) is 8.07. The molecular weight excluding hydrogens is 723 g/mol. The predicted molar refractivity (Wildman–Crippen MR) is 246 cm³/mol. The van der Waals surface area contributed by atoms with Crippen molar-refractivity contribution in [1.82, 2.24) is 4.90 Å². The molecule has 7 nitrogen and oxygen atoms in total. The van der Waals surface area contributed by atoms with Crippen molar-refractivity contribution >= 4 is 17.9 Å². The van der Waals surface area contributed by atoms with Crippen LogP contribution >= 0.6 is 0 Å². The molecule has 0 aromatic heterocycles. The van der Waals surface area contributed by atoms with Crippen LogP contribution in [0.3, 0.4) is 0 Å². The van der Waals surface area contributed by atoms with E-state index in [0.717, 1.165) is 135 Å². The Morgan fingerprint density at radius 1 is 0.345 bits per heavy atom. The summed E-state index contributed by atoms with van der Waals surface area (Å²) in [4.78, 5) is 39.9. The molecule has 0 N–H and O–H groups in total. The number of rotatable bonds is 46. The van der Waals surface area contributed by atoms with Crippen LogP contribution in [0.25, 0.3) is 0 Å². The maximum atomic E-state index is 13.1. The largest absolute Gasteiger partial charge is 0.466 e. The Hall–Kier alpha value is -1.63. The highest BCUT2D eigenvalue weighted by atomic mass is 16.5. The van der Waals surface area contributed by atoms with Gasteiger partial charge in [0.1, 0.15) is 0 Å². The zero-order chi connectivity index (χ0) is 42.6.